The minimum Gasteiger partial charge on any atom is -0.394 e. The van der Waals surface area contributed by atoms with Crippen LogP contribution in [0.25, 0.3) is 0 Å². The van der Waals surface area contributed by atoms with Crippen molar-refractivity contribution in [1.29, 1.82) is 0 Å². The van der Waals surface area contributed by atoms with Crippen molar-refractivity contribution in [2.45, 2.75) is 257 Å². The largest absolute Gasteiger partial charge is 0.394 e. The second-order valence-electron chi connectivity index (χ2n) is 29.8. The molecule has 22 N–H and O–H groups in total. The lowest BCUT2D eigenvalue weighted by Crippen LogP contribution is -2.68. The van der Waals surface area contributed by atoms with Gasteiger partial charge in [0, 0.05) is 79.3 Å². The summed E-state index contributed by atoms with van der Waals surface area (Å²) in [7, 11) is 7.12. The second-order valence-corrected chi connectivity index (χ2v) is 36.8. The van der Waals surface area contributed by atoms with E-state index in [9.17, 15) is 116 Å². The average molecular weight is 1880 g/mol. The first-order valence-corrected chi connectivity index (χ1v) is 46.8. The van der Waals surface area contributed by atoms with E-state index in [0.717, 1.165) is 28.5 Å². The van der Waals surface area contributed by atoms with Crippen LogP contribution in [0.2, 0.25) is 0 Å². The van der Waals surface area contributed by atoms with Crippen LogP contribution in [0.4, 0.5) is 0 Å². The highest BCUT2D eigenvalue weighted by Crippen LogP contribution is 2.41. The van der Waals surface area contributed by atoms with Crippen molar-refractivity contribution < 1.29 is 192 Å². The van der Waals surface area contributed by atoms with Crippen LogP contribution in [-0.2, 0) is 95.0 Å². The van der Waals surface area contributed by atoms with E-state index in [1.54, 1.807) is 30.6 Å². The van der Waals surface area contributed by atoms with Gasteiger partial charge in [0.25, 0.3) is 0 Å². The van der Waals surface area contributed by atoms with Gasteiger partial charge in [0.1, 0.15) is 180 Å². The first-order valence-electron chi connectivity index (χ1n) is 39.8. The lowest BCUT2D eigenvalue weighted by atomic mass is 9.95. The van der Waals surface area contributed by atoms with Crippen molar-refractivity contribution in [3.05, 3.63) is 48.8 Å². The molecular formula is C73H113N5O39S6. The summed E-state index contributed by atoms with van der Waals surface area (Å²) in [4.78, 5) is 61.3. The fraction of sp³-hybridized carbons (Fsp3) is 0.808. The molecule has 23 rings (SSSR count). The van der Waals surface area contributed by atoms with Gasteiger partial charge in [0.05, 0.1) is 83.6 Å². The topological polar surface area (TPSA) is 662 Å². The second kappa shape index (κ2) is 50.8. The first kappa shape index (κ1) is 102. The van der Waals surface area contributed by atoms with Crippen LogP contribution >= 0.6 is 66.7 Å². The molecule has 2 aromatic heterocycles. The Balaban J connectivity index is 0.912. The number of aliphatic hydroxyl groups excluding tert-OH is 19. The molecule has 14 unspecified atom stereocenters. The lowest BCUT2D eigenvalue weighted by molar-refractivity contribution is -0.395. The maximum Gasteiger partial charge on any atom is 0.238 e. The number of ketones is 2. The van der Waals surface area contributed by atoms with Crippen molar-refractivity contribution >= 4 is 90.1 Å². The van der Waals surface area contributed by atoms with Gasteiger partial charge in [0.15, 0.2) is 44.0 Å². The Morgan fingerprint density at radius 2 is 0.691 bits per heavy atom. The maximum atomic E-state index is 14.2. The summed E-state index contributed by atoms with van der Waals surface area (Å²) in [6.45, 7) is -3.37. The molecule has 21 aliphatic heterocycles. The van der Waals surface area contributed by atoms with Gasteiger partial charge in [-0.25, -0.2) is 9.97 Å². The molecule has 14 bridgehead atoms. The van der Waals surface area contributed by atoms with Crippen molar-refractivity contribution in [2.24, 2.45) is 5.92 Å². The van der Waals surface area contributed by atoms with Crippen LogP contribution in [0.15, 0.2) is 58.8 Å². The highest BCUT2D eigenvalue weighted by molar-refractivity contribution is 8.77. The van der Waals surface area contributed by atoms with Gasteiger partial charge in [0.2, 0.25) is 11.8 Å². The number of amides is 2. The van der Waals surface area contributed by atoms with E-state index in [2.05, 4.69) is 25.9 Å². The van der Waals surface area contributed by atoms with E-state index in [-0.39, 0.29) is 81.8 Å². The number of hydrogen-bond acceptors (Lipinski definition) is 48. The summed E-state index contributed by atoms with van der Waals surface area (Å²) in [6.07, 6.45) is -69.3. The predicted octanol–water partition coefficient (Wildman–Crippen LogP) is -9.28. The summed E-state index contributed by atoms with van der Waals surface area (Å²) in [5.74, 6) is -2.59. The number of thioether (sulfide) groups is 2. The number of carbonyl (C=O) groups is 4. The maximum absolute atomic E-state index is 14.2. The number of pyridine rings is 2. The third-order valence-electron chi connectivity index (χ3n) is 21.1. The van der Waals surface area contributed by atoms with Crippen LogP contribution < -0.4 is 16.0 Å². The minimum atomic E-state index is -2.30. The van der Waals surface area contributed by atoms with Gasteiger partial charge in [-0.1, -0.05) is 33.7 Å². The molecule has 0 saturated carbocycles. The van der Waals surface area contributed by atoms with Crippen molar-refractivity contribution in [3.8, 4) is 0 Å². The van der Waals surface area contributed by atoms with E-state index in [4.69, 9.17) is 75.8 Å². The minimum absolute atomic E-state index is 0.0233. The summed E-state index contributed by atoms with van der Waals surface area (Å²) in [6, 6.07) is 9.91. The highest BCUT2D eigenvalue weighted by Gasteiger charge is 2.60. The number of rotatable bonds is 37. The zero-order valence-corrected chi connectivity index (χ0v) is 71.5. The van der Waals surface area contributed by atoms with Gasteiger partial charge < -0.3 is 189 Å². The molecule has 21 fully saturated rings. The Morgan fingerprint density at radius 1 is 0.390 bits per heavy atom. The number of aliphatic hydroxyl groups is 19. The molecule has 0 spiro atoms. The van der Waals surface area contributed by atoms with Gasteiger partial charge in [-0.3, -0.25) is 19.2 Å². The molecule has 0 aromatic carbocycles. The van der Waals surface area contributed by atoms with Crippen LogP contribution in [0.3, 0.4) is 0 Å². The zero-order chi connectivity index (χ0) is 88.7. The summed E-state index contributed by atoms with van der Waals surface area (Å²) in [5, 5.41) is 231. The van der Waals surface area contributed by atoms with Crippen molar-refractivity contribution in [3.63, 3.8) is 0 Å². The monoisotopic (exact) mass is 1880 g/mol. The molecule has 0 radical (unpaired) electrons. The van der Waals surface area contributed by atoms with Gasteiger partial charge in [-0.05, 0) is 59.8 Å². The fourth-order valence-corrected chi connectivity index (χ4v) is 20.3. The molecule has 37 atom stereocenters. The fourth-order valence-electron chi connectivity index (χ4n) is 14.3. The zero-order valence-electron chi connectivity index (χ0n) is 66.6. The number of nitrogens with one attached hydrogen (secondary N) is 3. The molecule has 2 amide bonds. The van der Waals surface area contributed by atoms with Crippen LogP contribution in [0, 0.1) is 5.92 Å². The van der Waals surface area contributed by atoms with Crippen molar-refractivity contribution in [2.75, 3.05) is 114 Å². The number of nitrogens with zero attached hydrogens (tertiary/aromatic N) is 2. The Kier molecular flexibility index (Phi) is 42.2. The predicted molar refractivity (Wildman–Crippen MR) is 428 cm³/mol. The number of ether oxygens (including phenoxy) is 16. The Bertz CT molecular complexity index is 3460. The van der Waals surface area contributed by atoms with Crippen LogP contribution in [-0.4, -0.2) is 465 Å². The standard InChI is InChI=1S/C73H113N5O39S6/c1-31(84)9-15-102-17-18-103-16-10-33(85)21-32(65(100)77-13-19-120-122-42-7-3-5-11-75-42)27-118-29-40-63-49(91)56(98)72(109-40)114-61-38(25-82)105-69(52(94)45(61)87)113-60-37(24-81)108-71(55(97)48(60)90)117-64-41(30-119-28-34(74-2)66(101)78-14-20-121-123-43-8-4-6-12-76-43)110-73(57(99)50(64)92)115-62-39(26-83)106-68(53(95)46(62)88)111-58-35(22-79)104-67(51(93)44(58)86)112-59-36(23-80)107-70(116-63)54(96)47(59)89/h3-8,11-12,32,34-41,44-64,67-74,79-83,86-99H,9-10,13-30H2,1-2H3,(H,77,100)(H,78,101)/t32-,34-,35?,36?,37?,38?,39?,40?,41?,44-,45-,46-,47-,48+,49-,50-,51?,52?,53?,54?,55?,56?,57?,58-,59-,60-,61-,62-,63-,64-,67-,68-,69+,70-,71+,72-,73+/m1/s1. The molecule has 0 aliphatic carbocycles. The third kappa shape index (κ3) is 27.5. The summed E-state index contributed by atoms with van der Waals surface area (Å²) in [5.41, 5.74) is 0. The average Bonchev–Trinajstić information content (AvgIpc) is 0.886. The number of hydrogen-bond donors (Lipinski definition) is 22. The Hall–Kier alpha value is -2.76. The molecule has 50 heteroatoms. The number of carbonyl (C=O) groups excluding carboxylic acids is 4. The van der Waals surface area contributed by atoms with Gasteiger partial charge in [-0.2, -0.15) is 23.5 Å². The van der Waals surface area contributed by atoms with Gasteiger partial charge >= 0.3 is 0 Å². The van der Waals surface area contributed by atoms with Crippen LogP contribution in [0.1, 0.15) is 26.2 Å². The molecule has 44 nitrogen and oxygen atoms in total. The molecule has 123 heavy (non-hydrogen) atoms. The van der Waals surface area contributed by atoms with E-state index in [1.165, 1.54) is 57.1 Å². The molecule has 23 heterocycles. The highest BCUT2D eigenvalue weighted by atomic mass is 33.1. The molecule has 700 valence electrons. The molecule has 21 saturated heterocycles. The lowest BCUT2D eigenvalue weighted by Gasteiger charge is -2.50. The van der Waals surface area contributed by atoms with E-state index < -0.39 is 283 Å². The first-order chi connectivity index (χ1) is 59.1. The molecule has 21 aliphatic rings. The number of aromatic nitrogens is 2. The molecular weight excluding hydrogens is 1760 g/mol. The van der Waals surface area contributed by atoms with Gasteiger partial charge in [-0.15, -0.1) is 0 Å². The normalized spacial score (nSPS) is 39.4. The van der Waals surface area contributed by atoms with Crippen molar-refractivity contribution in [1.82, 2.24) is 25.9 Å². The van der Waals surface area contributed by atoms with E-state index in [1.807, 2.05) is 18.2 Å². The van der Waals surface area contributed by atoms with E-state index >= 15 is 0 Å². The number of Topliss-reactive ketones (excluding diaryl/α,β-unsaturated/α-hetero) is 2. The van der Waals surface area contributed by atoms with Crippen LogP contribution in [0.5, 0.6) is 0 Å². The quantitative estimate of drug-likeness (QED) is 0.0221. The Morgan fingerprint density at radius 3 is 0.992 bits per heavy atom. The summed E-state index contributed by atoms with van der Waals surface area (Å²) < 4.78 is 95.5. The Labute approximate surface area is 730 Å². The SMILES string of the molecule is CN[C@H](CSCC1O[C@H]2O[C@@H]3C(CO)O[C@H](O[C@@H]4C(CO)O[C@H](O[C@@H]5C(CO)O[C@H](O[C@@H]6C(CSC[C@@H](CC(=O)CCOCCOCCC(C)=O)C(=O)NCCSSc7ccccn7)O[C@H](O[C@@H]7C(CO)O[C@@H](O[C@@H]8C(CO)O[C@@H](O[C@H]1[C@H](O)C2O)C(O)[C@@H]8O)C(O)[C@H]7O)C(O)[C@H]6O)C(O)[C@H]5O)C(O)[C@H]4O)C(O)[C@H]3O)C(=O)NCCSSc1ccccn1. The smallest absolute Gasteiger partial charge is 0.238 e. The van der Waals surface area contributed by atoms with E-state index in [0.29, 0.717) is 16.5 Å². The third-order valence-corrected chi connectivity index (χ3v) is 28.0. The molecule has 2 aromatic rings. The summed E-state index contributed by atoms with van der Waals surface area (Å²) >= 11 is 1.96. The number of likely N-dealkylation sites (N-methyl/N-ethyl adjacent to an activating group) is 1.